The highest BCUT2D eigenvalue weighted by molar-refractivity contribution is 5.74. The molecule has 0 saturated heterocycles. The van der Waals surface area contributed by atoms with E-state index in [4.69, 9.17) is 0 Å². The van der Waals surface area contributed by atoms with Gasteiger partial charge in [-0.25, -0.2) is 9.98 Å². The summed E-state index contributed by atoms with van der Waals surface area (Å²) in [6.07, 6.45) is 6.50. The van der Waals surface area contributed by atoms with Crippen molar-refractivity contribution < 1.29 is 23.0 Å². The highest BCUT2D eigenvalue weighted by Crippen LogP contribution is 2.30. The third-order valence-electron chi connectivity index (χ3n) is 4.06. The SMILES string of the molecule is C=N/C(OC(F)F)=C(C)\C=C(\NC=N/C(C#N)=C\N(CC1CC1)C(C)=O)C(C)C.COC. The Bertz CT molecular complexity index is 779. The summed E-state index contributed by atoms with van der Waals surface area (Å²) in [6.45, 7) is 7.60. The molecule has 178 valence electrons. The van der Waals surface area contributed by atoms with Crippen LogP contribution in [0.5, 0.6) is 0 Å². The molecule has 1 saturated carbocycles. The van der Waals surface area contributed by atoms with Crippen LogP contribution in [0.4, 0.5) is 8.78 Å². The monoisotopic (exact) mass is 453 g/mol. The zero-order valence-electron chi connectivity index (χ0n) is 19.6. The Morgan fingerprint density at radius 1 is 1.34 bits per heavy atom. The van der Waals surface area contributed by atoms with Crippen LogP contribution in [0.25, 0.3) is 0 Å². The first kappa shape index (κ1) is 28.9. The molecule has 8 nitrogen and oxygen atoms in total. The number of rotatable bonds is 11. The molecule has 10 heteroatoms. The van der Waals surface area contributed by atoms with E-state index in [1.165, 1.54) is 24.4 Å². The molecule has 1 fully saturated rings. The van der Waals surface area contributed by atoms with E-state index in [-0.39, 0.29) is 23.4 Å². The third-order valence-corrected chi connectivity index (χ3v) is 4.06. The fraction of sp³-hybridized carbons (Fsp3) is 0.545. The second-order valence-corrected chi connectivity index (χ2v) is 7.33. The molecule has 1 rings (SSSR count). The lowest BCUT2D eigenvalue weighted by molar-refractivity contribution is -0.126. The summed E-state index contributed by atoms with van der Waals surface area (Å²) in [4.78, 5) is 20.8. The van der Waals surface area contributed by atoms with E-state index in [1.807, 2.05) is 19.9 Å². The number of nitrogens with zero attached hydrogens (tertiary/aromatic N) is 4. The van der Waals surface area contributed by atoms with Gasteiger partial charge in [-0.1, -0.05) is 13.8 Å². The number of carbonyl (C=O) groups excluding carboxylic acids is 1. The average molecular weight is 454 g/mol. The molecule has 1 aliphatic rings. The maximum atomic E-state index is 12.4. The van der Waals surface area contributed by atoms with Crippen LogP contribution in [-0.2, 0) is 14.3 Å². The molecule has 0 aromatic heterocycles. The van der Waals surface area contributed by atoms with Crippen LogP contribution in [-0.4, -0.2) is 51.2 Å². The van der Waals surface area contributed by atoms with Crippen LogP contribution in [0.2, 0.25) is 0 Å². The Hall–Kier alpha value is -3.06. The lowest BCUT2D eigenvalue weighted by Gasteiger charge is -2.15. The number of ether oxygens (including phenoxy) is 2. The number of allylic oxidation sites excluding steroid dienone is 4. The number of aliphatic imine (C=N–C) groups is 2. The van der Waals surface area contributed by atoms with Crippen molar-refractivity contribution in [3.8, 4) is 6.07 Å². The van der Waals surface area contributed by atoms with E-state index in [1.54, 1.807) is 27.2 Å². The van der Waals surface area contributed by atoms with Gasteiger partial charge in [-0.3, -0.25) is 4.79 Å². The highest BCUT2D eigenvalue weighted by Gasteiger charge is 2.25. The highest BCUT2D eigenvalue weighted by atomic mass is 19.3. The molecule has 0 unspecified atom stereocenters. The zero-order valence-corrected chi connectivity index (χ0v) is 19.6. The molecule has 0 aromatic carbocycles. The van der Waals surface area contributed by atoms with Crippen LogP contribution < -0.4 is 5.32 Å². The first-order valence-electron chi connectivity index (χ1n) is 10.0. The normalized spacial score (nSPS) is 15.0. The molecular formula is C22H33F2N5O3. The predicted octanol–water partition coefficient (Wildman–Crippen LogP) is 4.20. The number of hydrogen-bond donors (Lipinski definition) is 1. The second kappa shape index (κ2) is 15.7. The average Bonchev–Trinajstić information content (AvgIpc) is 3.53. The number of alkyl halides is 2. The lowest BCUT2D eigenvalue weighted by atomic mass is 10.1. The number of nitrogens with one attached hydrogen (secondary N) is 1. The number of halogens is 2. The van der Waals surface area contributed by atoms with Crippen LogP contribution in [0, 0.1) is 23.2 Å². The molecular weight excluding hydrogens is 420 g/mol. The van der Waals surface area contributed by atoms with E-state index >= 15 is 0 Å². The number of carbonyl (C=O) groups is 1. The van der Waals surface area contributed by atoms with Crippen LogP contribution in [0.1, 0.15) is 40.5 Å². The van der Waals surface area contributed by atoms with Crippen LogP contribution >= 0.6 is 0 Å². The standard InChI is InChI=1S/C20H27F2N5O2.C2H6O/c1-13(2)18(8-14(3)19(24-5)29-20(21)22)26-12-25-17(9-23)11-27(15(4)28)10-16-6-7-16;1-3-2/h8,11-13,16,20H,5-7,10H2,1-4H3,(H,25,26);1-2H3/b17-11-,18-8+,19-14+;. The van der Waals surface area contributed by atoms with Crippen LogP contribution in [0.15, 0.2) is 45.1 Å². The van der Waals surface area contributed by atoms with Gasteiger partial charge in [-0.05, 0) is 44.4 Å². The Labute approximate surface area is 189 Å². The molecule has 1 aliphatic carbocycles. The first-order valence-corrected chi connectivity index (χ1v) is 10.0. The summed E-state index contributed by atoms with van der Waals surface area (Å²) in [5, 5.41) is 12.2. The van der Waals surface area contributed by atoms with Gasteiger partial charge in [-0.2, -0.15) is 14.0 Å². The Morgan fingerprint density at radius 3 is 2.34 bits per heavy atom. The fourth-order valence-corrected chi connectivity index (χ4v) is 2.28. The fourth-order valence-electron chi connectivity index (χ4n) is 2.28. The molecule has 1 amide bonds. The van der Waals surface area contributed by atoms with Crippen molar-refractivity contribution in [3.05, 3.63) is 35.1 Å². The molecule has 0 aromatic rings. The molecule has 0 atom stereocenters. The smallest absolute Gasteiger partial charge is 0.388 e. The van der Waals surface area contributed by atoms with E-state index in [9.17, 15) is 18.8 Å². The summed E-state index contributed by atoms with van der Waals surface area (Å²) in [5.74, 6) is 0.0455. The Morgan fingerprint density at radius 2 is 1.94 bits per heavy atom. The van der Waals surface area contributed by atoms with E-state index in [0.717, 1.165) is 12.8 Å². The van der Waals surface area contributed by atoms with Crippen molar-refractivity contribution in [2.75, 3.05) is 20.8 Å². The van der Waals surface area contributed by atoms with Crippen molar-refractivity contribution in [2.24, 2.45) is 21.8 Å². The predicted molar refractivity (Wildman–Crippen MR) is 121 cm³/mol. The molecule has 0 spiro atoms. The molecule has 0 aliphatic heterocycles. The van der Waals surface area contributed by atoms with Gasteiger partial charge in [0.25, 0.3) is 0 Å². The van der Waals surface area contributed by atoms with Crippen molar-refractivity contribution in [1.82, 2.24) is 10.2 Å². The van der Waals surface area contributed by atoms with E-state index < -0.39 is 6.61 Å². The van der Waals surface area contributed by atoms with Gasteiger partial charge in [0.15, 0.2) is 5.70 Å². The summed E-state index contributed by atoms with van der Waals surface area (Å²) in [5.41, 5.74) is 1.07. The summed E-state index contributed by atoms with van der Waals surface area (Å²) in [7, 11) is 3.25. The number of hydrogen-bond acceptors (Lipinski definition) is 6. The quantitative estimate of drug-likeness (QED) is 0.166. The second-order valence-electron chi connectivity index (χ2n) is 7.33. The molecule has 0 heterocycles. The zero-order chi connectivity index (χ0) is 24.7. The van der Waals surface area contributed by atoms with E-state index in [0.29, 0.717) is 23.7 Å². The maximum absolute atomic E-state index is 12.4. The summed E-state index contributed by atoms with van der Waals surface area (Å²) < 4.78 is 33.4. The van der Waals surface area contributed by atoms with Gasteiger partial charge >= 0.3 is 6.61 Å². The van der Waals surface area contributed by atoms with Crippen LogP contribution in [0.3, 0.4) is 0 Å². The number of methoxy groups -OCH3 is 1. The number of nitriles is 1. The molecule has 32 heavy (non-hydrogen) atoms. The lowest BCUT2D eigenvalue weighted by Crippen LogP contribution is -2.25. The minimum absolute atomic E-state index is 0.00730. The summed E-state index contributed by atoms with van der Waals surface area (Å²) in [6, 6.07) is 1.95. The Kier molecular flexibility index (Phi) is 14.2. The maximum Gasteiger partial charge on any atom is 0.388 e. The van der Waals surface area contributed by atoms with Gasteiger partial charge in [0.05, 0.1) is 6.34 Å². The van der Waals surface area contributed by atoms with Crippen molar-refractivity contribution in [3.63, 3.8) is 0 Å². The molecule has 0 radical (unpaired) electrons. The van der Waals surface area contributed by atoms with E-state index in [2.05, 4.69) is 31.5 Å². The van der Waals surface area contributed by atoms with Crippen molar-refractivity contribution in [2.45, 2.75) is 47.1 Å². The van der Waals surface area contributed by atoms with Gasteiger partial charge in [0.2, 0.25) is 11.8 Å². The Balaban J connectivity index is 0.00000302. The third kappa shape index (κ3) is 12.6. The summed E-state index contributed by atoms with van der Waals surface area (Å²) >= 11 is 0. The van der Waals surface area contributed by atoms with Gasteiger partial charge in [0.1, 0.15) is 6.07 Å². The first-order chi connectivity index (χ1) is 15.1. The topological polar surface area (TPSA) is 99.3 Å². The molecule has 0 bridgehead atoms. The number of amides is 1. The van der Waals surface area contributed by atoms with Gasteiger partial charge < -0.3 is 19.7 Å². The van der Waals surface area contributed by atoms with Gasteiger partial charge in [0, 0.05) is 45.2 Å². The van der Waals surface area contributed by atoms with Crippen molar-refractivity contribution in [1.29, 1.82) is 5.26 Å². The minimum Gasteiger partial charge on any atom is -0.417 e. The van der Waals surface area contributed by atoms with Gasteiger partial charge in [-0.15, -0.1) is 0 Å². The largest absolute Gasteiger partial charge is 0.417 e. The minimum atomic E-state index is -3.00. The molecule has 1 N–H and O–H groups in total. The van der Waals surface area contributed by atoms with Crippen molar-refractivity contribution >= 4 is 19.0 Å².